The minimum atomic E-state index is -3.78. The van der Waals surface area contributed by atoms with Crippen molar-refractivity contribution in [1.82, 2.24) is 15.0 Å². The number of hydrogen-bond acceptors (Lipinski definition) is 6. The van der Waals surface area contributed by atoms with Gasteiger partial charge in [-0.2, -0.15) is 0 Å². The molecule has 25 heavy (non-hydrogen) atoms. The third-order valence-electron chi connectivity index (χ3n) is 2.79. The number of nitrogens with one attached hydrogen (secondary N) is 3. The van der Waals surface area contributed by atoms with Crippen LogP contribution in [0.3, 0.4) is 0 Å². The monoisotopic (exact) mass is 372 g/mol. The number of carbonyl (C=O) groups excluding carboxylic acids is 1. The molecule has 134 valence electrons. The molecular formula is C13H14F2N6O3S. The number of benzene rings is 1. The van der Waals surface area contributed by atoms with E-state index in [2.05, 4.69) is 20.3 Å². The van der Waals surface area contributed by atoms with Gasteiger partial charge in [0.05, 0.1) is 11.4 Å². The Morgan fingerprint density at radius 3 is 2.48 bits per heavy atom. The van der Waals surface area contributed by atoms with Gasteiger partial charge in [0.15, 0.2) is 5.82 Å². The number of rotatable bonds is 6. The van der Waals surface area contributed by atoms with E-state index < -0.39 is 39.1 Å². The molecule has 3 N–H and O–H groups in total. The second kappa shape index (κ2) is 7.79. The van der Waals surface area contributed by atoms with E-state index >= 15 is 0 Å². The van der Waals surface area contributed by atoms with Crippen molar-refractivity contribution in [2.24, 2.45) is 0 Å². The summed E-state index contributed by atoms with van der Waals surface area (Å²) in [6.45, 7) is 1.64. The van der Waals surface area contributed by atoms with E-state index in [4.69, 9.17) is 0 Å². The summed E-state index contributed by atoms with van der Waals surface area (Å²) in [4.78, 5) is 22.6. The molecule has 0 aliphatic rings. The Kier molecular flexibility index (Phi) is 5.75. The fourth-order valence-electron chi connectivity index (χ4n) is 1.78. The van der Waals surface area contributed by atoms with Crippen molar-refractivity contribution in [3.63, 3.8) is 0 Å². The third-order valence-corrected chi connectivity index (χ3v) is 4.26. The van der Waals surface area contributed by atoms with E-state index in [1.165, 1.54) is 0 Å². The maximum Gasteiger partial charge on any atom is 0.326 e. The molecule has 0 unspecified atom stereocenters. The number of urea groups is 1. The number of hydrogen-bond donors (Lipinski definition) is 3. The molecule has 12 heteroatoms. The van der Waals surface area contributed by atoms with Crippen LogP contribution >= 0.6 is 0 Å². The highest BCUT2D eigenvalue weighted by Gasteiger charge is 2.19. The van der Waals surface area contributed by atoms with E-state index in [1.807, 2.05) is 10.0 Å². The molecule has 0 bridgehead atoms. The Hall–Kier alpha value is -2.89. The van der Waals surface area contributed by atoms with Gasteiger partial charge in [0.25, 0.3) is 0 Å². The summed E-state index contributed by atoms with van der Waals surface area (Å²) in [5.41, 5.74) is -1.30. The summed E-state index contributed by atoms with van der Waals surface area (Å²) in [5, 5.41) is 4.10. The Bertz CT molecular complexity index is 864. The first-order chi connectivity index (χ1) is 11.8. The van der Waals surface area contributed by atoms with Crippen LogP contribution in [0.2, 0.25) is 0 Å². The lowest BCUT2D eigenvalue weighted by atomic mass is 10.2. The zero-order valence-electron chi connectivity index (χ0n) is 13.0. The lowest BCUT2D eigenvalue weighted by Gasteiger charge is -2.13. The fourth-order valence-corrected chi connectivity index (χ4v) is 2.92. The van der Waals surface area contributed by atoms with E-state index in [9.17, 15) is 22.0 Å². The molecule has 0 aliphatic heterocycles. The molecular weight excluding hydrogens is 358 g/mol. The van der Waals surface area contributed by atoms with Crippen LogP contribution < -0.4 is 15.4 Å². The first-order valence-electron chi connectivity index (χ1n) is 7.01. The van der Waals surface area contributed by atoms with Crippen LogP contribution in [0.15, 0.2) is 24.8 Å². The van der Waals surface area contributed by atoms with Gasteiger partial charge in [-0.1, -0.05) is 6.92 Å². The predicted octanol–water partition coefficient (Wildman–Crippen LogP) is 1.95. The van der Waals surface area contributed by atoms with E-state index in [0.717, 1.165) is 24.8 Å². The van der Waals surface area contributed by atoms with Crippen molar-refractivity contribution < 1.29 is 22.0 Å². The molecule has 2 amide bonds. The van der Waals surface area contributed by atoms with Crippen molar-refractivity contribution >= 4 is 33.4 Å². The minimum absolute atomic E-state index is 0.131. The van der Waals surface area contributed by atoms with Gasteiger partial charge < -0.3 is 5.32 Å². The van der Waals surface area contributed by atoms with Crippen molar-refractivity contribution in [2.75, 3.05) is 21.1 Å². The molecule has 0 aliphatic carbocycles. The van der Waals surface area contributed by atoms with Gasteiger partial charge in [-0.3, -0.25) is 10.0 Å². The van der Waals surface area contributed by atoms with Crippen LogP contribution in [0.1, 0.15) is 13.3 Å². The largest absolute Gasteiger partial charge is 0.326 e. The molecule has 1 aromatic carbocycles. The summed E-state index contributed by atoms with van der Waals surface area (Å²) in [6, 6.07) is 0.732. The van der Waals surface area contributed by atoms with Crippen LogP contribution in [0, 0.1) is 11.6 Å². The summed E-state index contributed by atoms with van der Waals surface area (Å²) in [6.07, 6.45) is 2.55. The quantitative estimate of drug-likeness (QED) is 0.711. The predicted molar refractivity (Wildman–Crippen MR) is 86.5 cm³/mol. The third kappa shape index (κ3) is 5.04. The van der Waals surface area contributed by atoms with Crippen molar-refractivity contribution in [3.8, 4) is 0 Å². The van der Waals surface area contributed by atoms with Gasteiger partial charge in [0, 0.05) is 0 Å². The zero-order chi connectivity index (χ0) is 18.4. The molecule has 0 saturated carbocycles. The van der Waals surface area contributed by atoms with Crippen LogP contribution in [0.25, 0.3) is 0 Å². The fraction of sp³-hybridized carbons (Fsp3) is 0.231. The highest BCUT2D eigenvalue weighted by atomic mass is 32.2. The highest BCUT2D eigenvalue weighted by molar-refractivity contribution is 7.92. The average molecular weight is 372 g/mol. The minimum Gasteiger partial charge on any atom is -0.302 e. The van der Waals surface area contributed by atoms with Gasteiger partial charge >= 0.3 is 6.03 Å². The smallest absolute Gasteiger partial charge is 0.302 e. The van der Waals surface area contributed by atoms with Gasteiger partial charge in [0.2, 0.25) is 16.0 Å². The lowest BCUT2D eigenvalue weighted by molar-refractivity contribution is 0.261. The molecule has 0 spiro atoms. The Labute approximate surface area is 142 Å². The molecule has 0 radical (unpaired) electrons. The van der Waals surface area contributed by atoms with Crippen LogP contribution in [-0.4, -0.2) is 35.2 Å². The van der Waals surface area contributed by atoms with Crippen molar-refractivity contribution in [1.29, 1.82) is 0 Å². The topological polar surface area (TPSA) is 126 Å². The van der Waals surface area contributed by atoms with E-state index in [1.54, 1.807) is 6.92 Å². The van der Waals surface area contributed by atoms with Gasteiger partial charge in [-0.15, -0.1) is 0 Å². The Balaban J connectivity index is 2.20. The maximum atomic E-state index is 14.4. The highest BCUT2D eigenvalue weighted by Crippen LogP contribution is 2.26. The molecule has 0 fully saturated rings. The Morgan fingerprint density at radius 2 is 1.84 bits per heavy atom. The van der Waals surface area contributed by atoms with E-state index in [0.29, 0.717) is 6.42 Å². The van der Waals surface area contributed by atoms with Gasteiger partial charge in [0.1, 0.15) is 24.2 Å². The first-order valence-corrected chi connectivity index (χ1v) is 8.66. The lowest BCUT2D eigenvalue weighted by Crippen LogP contribution is -2.23. The molecule has 1 heterocycles. The number of anilines is 3. The number of aromatic nitrogens is 3. The number of nitrogens with zero attached hydrogens (tertiary/aromatic N) is 3. The summed E-state index contributed by atoms with van der Waals surface area (Å²) < 4.78 is 53.6. The number of halogens is 2. The first kappa shape index (κ1) is 18.4. The van der Waals surface area contributed by atoms with Crippen molar-refractivity contribution in [2.45, 2.75) is 13.3 Å². The molecule has 0 saturated heterocycles. The van der Waals surface area contributed by atoms with Gasteiger partial charge in [-0.05, 0) is 18.6 Å². The van der Waals surface area contributed by atoms with Crippen LogP contribution in [0.5, 0.6) is 0 Å². The molecule has 2 aromatic rings. The van der Waals surface area contributed by atoms with E-state index in [-0.39, 0.29) is 11.7 Å². The standard InChI is InChI=1S/C13H14F2N6O3S/c1-2-5-25(23,24)21-9-4-3-8(14)11(10(9)15)19-13(22)20-12-17-6-16-7-18-12/h3-4,6-7,21H,2,5H2,1H3,(H2,16,17,18,19,20,22). The summed E-state index contributed by atoms with van der Waals surface area (Å²) in [7, 11) is -3.78. The molecule has 1 aromatic heterocycles. The summed E-state index contributed by atoms with van der Waals surface area (Å²) >= 11 is 0. The van der Waals surface area contributed by atoms with Crippen LogP contribution in [-0.2, 0) is 10.0 Å². The molecule has 2 rings (SSSR count). The number of amides is 2. The van der Waals surface area contributed by atoms with Crippen molar-refractivity contribution in [3.05, 3.63) is 36.4 Å². The summed E-state index contributed by atoms with van der Waals surface area (Å²) in [5.74, 6) is -2.70. The second-order valence-corrected chi connectivity index (χ2v) is 6.59. The average Bonchev–Trinajstić information content (AvgIpc) is 2.55. The SMILES string of the molecule is CCCS(=O)(=O)Nc1ccc(F)c(NC(=O)Nc2ncncn2)c1F. The molecule has 9 nitrogen and oxygen atoms in total. The number of sulfonamides is 1. The zero-order valence-corrected chi connectivity index (χ0v) is 13.8. The van der Waals surface area contributed by atoms with Crippen LogP contribution in [0.4, 0.5) is 30.9 Å². The maximum absolute atomic E-state index is 14.4. The molecule has 0 atom stereocenters. The second-order valence-electron chi connectivity index (χ2n) is 4.75. The number of carbonyl (C=O) groups is 1. The Morgan fingerprint density at radius 1 is 1.16 bits per heavy atom. The normalized spacial score (nSPS) is 11.0. The van der Waals surface area contributed by atoms with Gasteiger partial charge in [-0.25, -0.2) is 36.9 Å².